The van der Waals surface area contributed by atoms with E-state index in [-0.39, 0.29) is 0 Å². The highest BCUT2D eigenvalue weighted by Crippen LogP contribution is 2.46. The molecule has 0 aromatic heterocycles. The molecule has 1 atom stereocenters. The van der Waals surface area contributed by atoms with Crippen LogP contribution < -0.4 is 0 Å². The monoisotopic (exact) mass is 210 g/mol. The Morgan fingerprint density at radius 1 is 1.27 bits per heavy atom. The standard InChI is InChI=1S/C11H18O.C3H8/c1-4-7(2)11-8(3)12-10-5-9(11)6-10;1-3-2/h7,9-10H,4-6H2,1-3H3;3H2,1-2H3. The Kier molecular flexibility index (Phi) is 4.69. The number of hydrogen-bond donors (Lipinski definition) is 0. The predicted molar refractivity (Wildman–Crippen MR) is 65.7 cm³/mol. The lowest BCUT2D eigenvalue weighted by Crippen LogP contribution is -2.39. The smallest absolute Gasteiger partial charge is 0.0993 e. The van der Waals surface area contributed by atoms with Crippen molar-refractivity contribution in [3.8, 4) is 0 Å². The van der Waals surface area contributed by atoms with Gasteiger partial charge < -0.3 is 4.74 Å². The van der Waals surface area contributed by atoms with Crippen LogP contribution in [0.2, 0.25) is 0 Å². The fourth-order valence-electron chi connectivity index (χ4n) is 2.49. The molecule has 1 saturated carbocycles. The summed E-state index contributed by atoms with van der Waals surface area (Å²) in [6.07, 6.45) is 5.65. The first-order valence-electron chi connectivity index (χ1n) is 6.51. The minimum absolute atomic E-state index is 0.572. The zero-order chi connectivity index (χ0) is 11.4. The first kappa shape index (κ1) is 12.6. The minimum atomic E-state index is 0.572. The van der Waals surface area contributed by atoms with Crippen LogP contribution in [0, 0.1) is 11.8 Å². The number of rotatable bonds is 2. The van der Waals surface area contributed by atoms with E-state index >= 15 is 0 Å². The molecule has 1 nitrogen and oxygen atoms in total. The SMILES string of the molecule is CCC.CCC(C)C1=C(C)OC2CC1C2. The third-order valence-corrected chi connectivity index (χ3v) is 3.43. The van der Waals surface area contributed by atoms with Crippen LogP contribution >= 0.6 is 0 Å². The third kappa shape index (κ3) is 2.76. The Bertz CT molecular complexity index is 223. The summed E-state index contributed by atoms with van der Waals surface area (Å²) < 4.78 is 5.77. The second-order valence-electron chi connectivity index (χ2n) is 4.94. The minimum Gasteiger partial charge on any atom is -0.495 e. The molecular formula is C14H26O. The van der Waals surface area contributed by atoms with Crippen LogP contribution in [0.5, 0.6) is 0 Å². The molecule has 0 N–H and O–H groups in total. The molecule has 1 aliphatic carbocycles. The zero-order valence-corrected chi connectivity index (χ0v) is 11.0. The Morgan fingerprint density at radius 3 is 2.20 bits per heavy atom. The average molecular weight is 210 g/mol. The van der Waals surface area contributed by atoms with Crippen LogP contribution in [0.1, 0.15) is 60.3 Å². The zero-order valence-electron chi connectivity index (χ0n) is 11.0. The molecule has 3 rings (SSSR count). The van der Waals surface area contributed by atoms with Crippen molar-refractivity contribution < 1.29 is 4.74 Å². The van der Waals surface area contributed by atoms with E-state index in [1.165, 1.54) is 31.4 Å². The molecule has 0 aromatic carbocycles. The van der Waals surface area contributed by atoms with Crippen molar-refractivity contribution in [1.29, 1.82) is 0 Å². The molecule has 2 aliphatic heterocycles. The van der Waals surface area contributed by atoms with E-state index in [0.717, 1.165) is 11.8 Å². The molecule has 15 heavy (non-hydrogen) atoms. The van der Waals surface area contributed by atoms with Gasteiger partial charge in [-0.05, 0) is 43.6 Å². The van der Waals surface area contributed by atoms with Gasteiger partial charge >= 0.3 is 0 Å². The lowest BCUT2D eigenvalue weighted by molar-refractivity contribution is -0.0132. The highest BCUT2D eigenvalue weighted by Gasteiger charge is 2.40. The molecule has 0 radical (unpaired) electrons. The molecule has 1 unspecified atom stereocenters. The van der Waals surface area contributed by atoms with Crippen molar-refractivity contribution in [3.63, 3.8) is 0 Å². The highest BCUT2D eigenvalue weighted by molar-refractivity contribution is 5.21. The molecule has 0 saturated heterocycles. The Balaban J connectivity index is 0.000000337. The lowest BCUT2D eigenvalue weighted by atomic mass is 9.70. The van der Waals surface area contributed by atoms with Crippen LogP contribution in [-0.4, -0.2) is 6.10 Å². The van der Waals surface area contributed by atoms with E-state index in [2.05, 4.69) is 34.6 Å². The number of fused-ring (bicyclic) bond motifs is 1. The number of allylic oxidation sites excluding steroid dienone is 2. The molecule has 0 amide bonds. The van der Waals surface area contributed by atoms with Gasteiger partial charge in [0.2, 0.25) is 0 Å². The van der Waals surface area contributed by atoms with Gasteiger partial charge in [0.1, 0.15) is 0 Å². The van der Waals surface area contributed by atoms with Crippen LogP contribution in [0.25, 0.3) is 0 Å². The first-order chi connectivity index (χ1) is 7.13. The van der Waals surface area contributed by atoms with Gasteiger partial charge in [-0.15, -0.1) is 0 Å². The molecule has 88 valence electrons. The van der Waals surface area contributed by atoms with Gasteiger partial charge in [0.05, 0.1) is 11.9 Å². The molecule has 3 aliphatic rings. The molecule has 2 heterocycles. The fraction of sp³-hybridized carbons (Fsp3) is 0.857. The van der Waals surface area contributed by atoms with Gasteiger partial charge in [0.15, 0.2) is 0 Å². The van der Waals surface area contributed by atoms with Crippen molar-refractivity contribution >= 4 is 0 Å². The lowest BCUT2D eigenvalue weighted by Gasteiger charge is -2.45. The molecule has 1 heteroatoms. The maximum absolute atomic E-state index is 5.77. The molecule has 0 aromatic rings. The fourth-order valence-corrected chi connectivity index (χ4v) is 2.49. The van der Waals surface area contributed by atoms with E-state index in [4.69, 9.17) is 4.74 Å². The Morgan fingerprint density at radius 2 is 1.80 bits per heavy atom. The highest BCUT2D eigenvalue weighted by atomic mass is 16.5. The summed E-state index contributed by atoms with van der Waals surface area (Å²) in [6, 6.07) is 0. The summed E-state index contributed by atoms with van der Waals surface area (Å²) in [5.74, 6) is 2.84. The first-order valence-corrected chi connectivity index (χ1v) is 6.51. The van der Waals surface area contributed by atoms with Crippen molar-refractivity contribution in [3.05, 3.63) is 11.3 Å². The van der Waals surface area contributed by atoms with E-state index in [9.17, 15) is 0 Å². The Hall–Kier alpha value is -0.460. The van der Waals surface area contributed by atoms with E-state index in [1.54, 1.807) is 5.57 Å². The summed E-state index contributed by atoms with van der Waals surface area (Å²) in [6.45, 7) is 11.0. The largest absolute Gasteiger partial charge is 0.495 e. The maximum Gasteiger partial charge on any atom is 0.0993 e. The van der Waals surface area contributed by atoms with Gasteiger partial charge in [0, 0.05) is 0 Å². The maximum atomic E-state index is 5.77. The van der Waals surface area contributed by atoms with E-state index < -0.39 is 0 Å². The summed E-state index contributed by atoms with van der Waals surface area (Å²) in [7, 11) is 0. The molecule has 2 bridgehead atoms. The summed E-state index contributed by atoms with van der Waals surface area (Å²) >= 11 is 0. The van der Waals surface area contributed by atoms with Gasteiger partial charge in [-0.1, -0.05) is 34.1 Å². The van der Waals surface area contributed by atoms with E-state index in [0.29, 0.717) is 6.10 Å². The van der Waals surface area contributed by atoms with Crippen molar-refractivity contribution in [1.82, 2.24) is 0 Å². The second-order valence-corrected chi connectivity index (χ2v) is 4.94. The molecular weight excluding hydrogens is 184 g/mol. The number of ether oxygens (including phenoxy) is 1. The summed E-state index contributed by atoms with van der Waals surface area (Å²) in [5.41, 5.74) is 1.61. The second kappa shape index (κ2) is 5.58. The van der Waals surface area contributed by atoms with Crippen LogP contribution in [-0.2, 0) is 4.74 Å². The van der Waals surface area contributed by atoms with Crippen molar-refractivity contribution in [2.24, 2.45) is 11.8 Å². The van der Waals surface area contributed by atoms with Gasteiger partial charge in [-0.3, -0.25) is 0 Å². The van der Waals surface area contributed by atoms with Crippen LogP contribution in [0.4, 0.5) is 0 Å². The summed E-state index contributed by atoms with van der Waals surface area (Å²) in [4.78, 5) is 0. The van der Waals surface area contributed by atoms with Gasteiger partial charge in [0.25, 0.3) is 0 Å². The van der Waals surface area contributed by atoms with Crippen molar-refractivity contribution in [2.75, 3.05) is 0 Å². The van der Waals surface area contributed by atoms with Crippen molar-refractivity contribution in [2.45, 2.75) is 66.4 Å². The van der Waals surface area contributed by atoms with Gasteiger partial charge in [-0.25, -0.2) is 0 Å². The quantitative estimate of drug-likeness (QED) is 0.650. The van der Waals surface area contributed by atoms with Crippen LogP contribution in [0.15, 0.2) is 11.3 Å². The molecule has 0 spiro atoms. The summed E-state index contributed by atoms with van der Waals surface area (Å²) in [5, 5.41) is 0. The Labute approximate surface area is 94.9 Å². The molecule has 1 fully saturated rings. The third-order valence-electron chi connectivity index (χ3n) is 3.43. The topological polar surface area (TPSA) is 9.23 Å². The van der Waals surface area contributed by atoms with Crippen LogP contribution in [0.3, 0.4) is 0 Å². The number of hydrogen-bond acceptors (Lipinski definition) is 1. The van der Waals surface area contributed by atoms with Gasteiger partial charge in [-0.2, -0.15) is 0 Å². The average Bonchev–Trinajstić information content (AvgIpc) is 2.16. The predicted octanol–water partition coefficient (Wildman–Crippen LogP) is 4.53. The van der Waals surface area contributed by atoms with E-state index in [1.807, 2.05) is 0 Å². The normalized spacial score (nSPS) is 29.7.